The molecule has 0 bridgehead atoms. The van der Waals surface area contributed by atoms with Gasteiger partial charge in [-0.3, -0.25) is 14.5 Å². The van der Waals surface area contributed by atoms with Gasteiger partial charge in [-0.05, 0) is 24.1 Å². The quantitative estimate of drug-likeness (QED) is 0.668. The van der Waals surface area contributed by atoms with Gasteiger partial charge < -0.3 is 4.74 Å². The van der Waals surface area contributed by atoms with Crippen molar-refractivity contribution in [2.75, 3.05) is 0 Å². The molecule has 0 amide bonds. The van der Waals surface area contributed by atoms with E-state index in [-0.39, 0.29) is 24.4 Å². The van der Waals surface area contributed by atoms with Gasteiger partial charge in [0.15, 0.2) is 0 Å². The molecular weight excluding hydrogens is 324 g/mol. The average molecular weight is 340 g/mol. The minimum absolute atomic E-state index is 0.0527. The third-order valence-corrected chi connectivity index (χ3v) is 4.96. The van der Waals surface area contributed by atoms with Crippen LogP contribution in [0.1, 0.15) is 23.6 Å². The Morgan fingerprint density at radius 2 is 2.38 bits per heavy atom. The molecule has 122 valence electrons. The summed E-state index contributed by atoms with van der Waals surface area (Å²) < 4.78 is 7.17. The highest BCUT2D eigenvalue weighted by molar-refractivity contribution is 7.13. The molecule has 0 radical (unpaired) electrons. The van der Waals surface area contributed by atoms with Crippen LogP contribution in [0.4, 0.5) is 0 Å². The van der Waals surface area contributed by atoms with E-state index < -0.39 is 0 Å². The second-order valence-corrected chi connectivity index (χ2v) is 6.72. The lowest BCUT2D eigenvalue weighted by molar-refractivity contribution is -0.146. The number of rotatable bonds is 5. The smallest absolute Gasteiger partial charge is 0.309 e. The first-order valence-corrected chi connectivity index (χ1v) is 8.59. The molecule has 4 rings (SSSR count). The Hall–Kier alpha value is -2.54. The van der Waals surface area contributed by atoms with Gasteiger partial charge in [-0.1, -0.05) is 6.07 Å². The Bertz CT molecular complexity index is 858. The Morgan fingerprint density at radius 1 is 1.46 bits per heavy atom. The topological polar surface area (TPSA) is 69.9 Å². The molecule has 7 heteroatoms. The van der Waals surface area contributed by atoms with E-state index in [1.165, 1.54) is 11.3 Å². The van der Waals surface area contributed by atoms with Crippen molar-refractivity contribution in [2.45, 2.75) is 18.9 Å². The van der Waals surface area contributed by atoms with Crippen molar-refractivity contribution in [1.29, 1.82) is 0 Å². The fourth-order valence-electron chi connectivity index (χ4n) is 2.69. The number of hydrogen-bond donors (Lipinski definition) is 0. The van der Waals surface area contributed by atoms with Crippen LogP contribution in [0.25, 0.3) is 10.7 Å². The number of aryl methyl sites for hydroxylation is 1. The number of carbonyl (C=O) groups is 1. The summed E-state index contributed by atoms with van der Waals surface area (Å²) in [5, 5.41) is 6.89. The van der Waals surface area contributed by atoms with Crippen molar-refractivity contribution in [3.8, 4) is 10.7 Å². The maximum absolute atomic E-state index is 12.2. The number of pyridine rings is 1. The van der Waals surface area contributed by atoms with Gasteiger partial charge in [0.25, 0.3) is 0 Å². The number of aromatic nitrogens is 4. The molecular formula is C17H16N4O2S. The maximum atomic E-state index is 12.2. The van der Waals surface area contributed by atoms with Crippen LogP contribution in [0.15, 0.2) is 42.2 Å². The molecule has 6 nitrogen and oxygen atoms in total. The molecule has 1 saturated carbocycles. The summed E-state index contributed by atoms with van der Waals surface area (Å²) in [5.41, 5.74) is 2.69. The number of thiazole rings is 1. The largest absolute Gasteiger partial charge is 0.459 e. The number of ether oxygens (including phenoxy) is 1. The average Bonchev–Trinajstić information content (AvgIpc) is 3.05. The number of carbonyl (C=O) groups excluding carboxylic acids is 1. The highest BCUT2D eigenvalue weighted by Crippen LogP contribution is 2.48. The molecule has 1 aliphatic carbocycles. The van der Waals surface area contributed by atoms with E-state index in [2.05, 4.69) is 15.1 Å². The Morgan fingerprint density at radius 3 is 3.12 bits per heavy atom. The summed E-state index contributed by atoms with van der Waals surface area (Å²) in [7, 11) is 1.88. The summed E-state index contributed by atoms with van der Waals surface area (Å²) in [6.45, 7) is 0.207. The van der Waals surface area contributed by atoms with Gasteiger partial charge in [0.05, 0.1) is 23.5 Å². The normalized spacial score (nSPS) is 19.2. The lowest BCUT2D eigenvalue weighted by Crippen LogP contribution is -2.08. The molecule has 3 aromatic heterocycles. The molecule has 0 aromatic carbocycles. The van der Waals surface area contributed by atoms with Crippen LogP contribution in [-0.4, -0.2) is 25.7 Å². The lowest BCUT2D eigenvalue weighted by Gasteiger charge is -2.01. The van der Waals surface area contributed by atoms with Crippen LogP contribution in [0.3, 0.4) is 0 Å². The lowest BCUT2D eigenvalue weighted by atomic mass is 10.2. The van der Waals surface area contributed by atoms with Gasteiger partial charge in [0.1, 0.15) is 11.6 Å². The van der Waals surface area contributed by atoms with E-state index in [0.717, 1.165) is 28.4 Å². The van der Waals surface area contributed by atoms with Gasteiger partial charge in [-0.2, -0.15) is 5.10 Å². The molecule has 0 N–H and O–H groups in total. The molecule has 0 aliphatic heterocycles. The van der Waals surface area contributed by atoms with Gasteiger partial charge in [0.2, 0.25) is 0 Å². The predicted octanol–water partition coefficient (Wildman–Crippen LogP) is 2.79. The van der Waals surface area contributed by atoms with Crippen LogP contribution in [0.2, 0.25) is 0 Å². The van der Waals surface area contributed by atoms with Crippen molar-refractivity contribution in [3.05, 3.63) is 53.4 Å². The SMILES string of the molecule is Cn1cc([C@H]2C[C@@H]2C(=O)OCc2csc(-c3ccccn3)n2)cn1. The third kappa shape index (κ3) is 3.07. The van der Waals surface area contributed by atoms with Gasteiger partial charge in [0, 0.05) is 30.7 Å². The summed E-state index contributed by atoms with van der Waals surface area (Å²) >= 11 is 1.50. The van der Waals surface area contributed by atoms with E-state index in [0.29, 0.717) is 0 Å². The molecule has 2 atom stereocenters. The second kappa shape index (κ2) is 6.16. The van der Waals surface area contributed by atoms with Crippen molar-refractivity contribution >= 4 is 17.3 Å². The fraction of sp³-hybridized carbons (Fsp3) is 0.294. The van der Waals surface area contributed by atoms with Crippen LogP contribution in [-0.2, 0) is 23.2 Å². The molecule has 0 spiro atoms. The third-order valence-electron chi connectivity index (χ3n) is 4.04. The van der Waals surface area contributed by atoms with Gasteiger partial charge in [-0.15, -0.1) is 11.3 Å². The van der Waals surface area contributed by atoms with Gasteiger partial charge in [-0.25, -0.2) is 4.98 Å². The maximum Gasteiger partial charge on any atom is 0.309 e. The van der Waals surface area contributed by atoms with E-state index in [9.17, 15) is 4.79 Å². The zero-order valence-corrected chi connectivity index (χ0v) is 13.9. The number of esters is 1. The molecule has 3 aromatic rings. The standard InChI is InChI=1S/C17H16N4O2S/c1-21-8-11(7-19-21)13-6-14(13)17(22)23-9-12-10-24-16(20-12)15-4-2-3-5-18-15/h2-5,7-8,10,13-14H,6,9H2,1H3/t13-,14+/m1/s1. The Balaban J connectivity index is 1.33. The molecule has 0 unspecified atom stereocenters. The molecule has 1 aliphatic rings. The van der Waals surface area contributed by atoms with Crippen molar-refractivity contribution in [3.63, 3.8) is 0 Å². The first kappa shape index (κ1) is 15.0. The molecule has 1 fully saturated rings. The van der Waals surface area contributed by atoms with Crippen molar-refractivity contribution in [1.82, 2.24) is 19.7 Å². The highest BCUT2D eigenvalue weighted by Gasteiger charge is 2.45. The zero-order valence-electron chi connectivity index (χ0n) is 13.1. The van der Waals surface area contributed by atoms with Crippen molar-refractivity contribution < 1.29 is 9.53 Å². The molecule has 24 heavy (non-hydrogen) atoms. The Kier molecular flexibility index (Phi) is 3.86. The van der Waals surface area contributed by atoms with Crippen LogP contribution in [0, 0.1) is 5.92 Å². The monoisotopic (exact) mass is 340 g/mol. The highest BCUT2D eigenvalue weighted by atomic mass is 32.1. The number of nitrogens with zero attached hydrogens (tertiary/aromatic N) is 4. The van der Waals surface area contributed by atoms with Crippen LogP contribution >= 0.6 is 11.3 Å². The van der Waals surface area contributed by atoms with Crippen molar-refractivity contribution in [2.24, 2.45) is 13.0 Å². The summed E-state index contributed by atoms with van der Waals surface area (Å²) in [4.78, 5) is 20.9. The van der Waals surface area contributed by atoms with E-state index in [1.807, 2.05) is 43.0 Å². The molecule has 3 heterocycles. The number of hydrogen-bond acceptors (Lipinski definition) is 6. The summed E-state index contributed by atoms with van der Waals surface area (Å²) in [5.74, 6) is 0.0325. The second-order valence-electron chi connectivity index (χ2n) is 5.86. The summed E-state index contributed by atoms with van der Waals surface area (Å²) in [6.07, 6.45) is 6.35. The minimum Gasteiger partial charge on any atom is -0.459 e. The van der Waals surface area contributed by atoms with E-state index >= 15 is 0 Å². The predicted molar refractivity (Wildman–Crippen MR) is 89.2 cm³/mol. The first-order valence-electron chi connectivity index (χ1n) is 7.71. The fourth-order valence-corrected chi connectivity index (χ4v) is 3.47. The molecule has 0 saturated heterocycles. The van der Waals surface area contributed by atoms with Crippen LogP contribution in [0.5, 0.6) is 0 Å². The first-order chi connectivity index (χ1) is 11.7. The zero-order chi connectivity index (χ0) is 16.5. The Labute approximate surface area is 143 Å². The van der Waals surface area contributed by atoms with E-state index in [4.69, 9.17) is 4.74 Å². The van der Waals surface area contributed by atoms with E-state index in [1.54, 1.807) is 10.9 Å². The summed E-state index contributed by atoms with van der Waals surface area (Å²) in [6, 6.07) is 5.71. The van der Waals surface area contributed by atoms with Gasteiger partial charge >= 0.3 is 5.97 Å². The van der Waals surface area contributed by atoms with Crippen LogP contribution < -0.4 is 0 Å². The minimum atomic E-state index is -0.156.